The number of ether oxygens (including phenoxy) is 1. The van der Waals surface area contributed by atoms with Crippen molar-refractivity contribution in [3.8, 4) is 0 Å². The van der Waals surface area contributed by atoms with Crippen LogP contribution in [-0.2, 0) is 4.74 Å². The van der Waals surface area contributed by atoms with Crippen molar-refractivity contribution in [1.29, 1.82) is 0 Å². The Hall–Kier alpha value is -1.07. The molecule has 8 unspecified atom stereocenters. The van der Waals surface area contributed by atoms with Gasteiger partial charge in [-0.05, 0) is 138 Å². The molecule has 0 radical (unpaired) electrons. The predicted molar refractivity (Wildman–Crippen MR) is 185 cm³/mol. The van der Waals surface area contributed by atoms with Crippen LogP contribution < -0.4 is 11.5 Å². The summed E-state index contributed by atoms with van der Waals surface area (Å²) in [4.78, 5) is 15.3. The summed E-state index contributed by atoms with van der Waals surface area (Å²) >= 11 is 0. The normalized spacial score (nSPS) is 34.5. The van der Waals surface area contributed by atoms with E-state index in [0.29, 0.717) is 18.5 Å². The molecule has 0 aliphatic heterocycles. The summed E-state index contributed by atoms with van der Waals surface area (Å²) in [5.41, 5.74) is 14.3. The van der Waals surface area contributed by atoms with Crippen LogP contribution in [0.1, 0.15) is 152 Å². The Morgan fingerprint density at radius 2 is 1.66 bits per heavy atom. The van der Waals surface area contributed by atoms with E-state index >= 15 is 0 Å². The monoisotopic (exact) mass is 614 g/mol. The van der Waals surface area contributed by atoms with Gasteiger partial charge >= 0.3 is 6.09 Å². The van der Waals surface area contributed by atoms with E-state index in [-0.39, 0.29) is 28.7 Å². The molecule has 1 amide bonds. The van der Waals surface area contributed by atoms with Gasteiger partial charge in [0.25, 0.3) is 0 Å². The third-order valence-corrected chi connectivity index (χ3v) is 13.4. The molecule has 3 saturated carbocycles. The largest absolute Gasteiger partial charge is 0.446 e. The van der Waals surface area contributed by atoms with Gasteiger partial charge in [-0.15, -0.1) is 0 Å². The van der Waals surface area contributed by atoms with Gasteiger partial charge in [0, 0.05) is 30.6 Å². The molecule has 4 aliphatic carbocycles. The Bertz CT molecular complexity index is 974. The van der Waals surface area contributed by atoms with Crippen molar-refractivity contribution in [3.05, 3.63) is 11.6 Å². The van der Waals surface area contributed by atoms with E-state index in [1.807, 2.05) is 32.6 Å². The van der Waals surface area contributed by atoms with Crippen LogP contribution in [0.25, 0.3) is 0 Å². The Morgan fingerprint density at radius 3 is 2.25 bits per heavy atom. The molecule has 44 heavy (non-hydrogen) atoms. The van der Waals surface area contributed by atoms with Gasteiger partial charge in [-0.3, -0.25) is 0 Å². The van der Waals surface area contributed by atoms with Crippen molar-refractivity contribution in [2.75, 3.05) is 13.1 Å². The molecule has 4 aliphatic rings. The molecule has 0 aromatic rings. The van der Waals surface area contributed by atoms with Crippen molar-refractivity contribution in [1.82, 2.24) is 4.90 Å². The van der Waals surface area contributed by atoms with Gasteiger partial charge in [0.2, 0.25) is 0 Å². The number of rotatable bonds is 13. The van der Waals surface area contributed by atoms with Crippen LogP contribution in [0, 0.1) is 46.3 Å². The van der Waals surface area contributed by atoms with Crippen LogP contribution in [0.4, 0.5) is 4.79 Å². The lowest BCUT2D eigenvalue weighted by Gasteiger charge is -2.58. The van der Waals surface area contributed by atoms with Gasteiger partial charge in [-0.25, -0.2) is 4.79 Å². The highest BCUT2D eigenvalue weighted by Gasteiger charge is 2.58. The van der Waals surface area contributed by atoms with E-state index < -0.39 is 0 Å². The van der Waals surface area contributed by atoms with Gasteiger partial charge in [0.1, 0.15) is 6.10 Å². The molecule has 0 aromatic heterocycles. The van der Waals surface area contributed by atoms with Crippen LogP contribution in [0.5, 0.6) is 0 Å². The number of hydrogen-bond acceptors (Lipinski definition) is 4. The Balaban J connectivity index is 1.37. The van der Waals surface area contributed by atoms with E-state index in [1.165, 1.54) is 57.8 Å². The van der Waals surface area contributed by atoms with Crippen molar-refractivity contribution < 1.29 is 9.53 Å². The predicted octanol–water partition coefficient (Wildman–Crippen LogP) is 9.48. The van der Waals surface area contributed by atoms with Crippen LogP contribution >= 0.6 is 0 Å². The second kappa shape index (κ2) is 14.0. The van der Waals surface area contributed by atoms with E-state index in [0.717, 1.165) is 67.6 Å². The van der Waals surface area contributed by atoms with Gasteiger partial charge in [-0.1, -0.05) is 65.5 Å². The van der Waals surface area contributed by atoms with Crippen molar-refractivity contribution >= 4 is 6.09 Å². The van der Waals surface area contributed by atoms with Crippen molar-refractivity contribution in [2.24, 2.45) is 57.8 Å². The maximum absolute atomic E-state index is 13.5. The molecule has 254 valence electrons. The first-order valence-electron chi connectivity index (χ1n) is 18.7. The number of carbonyl (C=O) groups is 1. The molecular weight excluding hydrogens is 542 g/mol. The highest BCUT2D eigenvalue weighted by Crippen LogP contribution is 2.67. The zero-order chi connectivity index (χ0) is 32.5. The summed E-state index contributed by atoms with van der Waals surface area (Å²) in [6, 6.07) is 0. The molecule has 5 heteroatoms. The van der Waals surface area contributed by atoms with Crippen LogP contribution in [0.2, 0.25) is 0 Å². The number of nitrogens with two attached hydrogens (primary N) is 2. The molecule has 4 rings (SSSR count). The summed E-state index contributed by atoms with van der Waals surface area (Å²) in [6.07, 6.45) is 19.4. The summed E-state index contributed by atoms with van der Waals surface area (Å²) in [5, 5.41) is 0. The maximum Gasteiger partial charge on any atom is 0.410 e. The quantitative estimate of drug-likeness (QED) is 0.203. The maximum atomic E-state index is 13.5. The van der Waals surface area contributed by atoms with E-state index in [2.05, 4.69) is 40.7 Å². The first-order valence-corrected chi connectivity index (χ1v) is 18.7. The molecule has 0 saturated heterocycles. The van der Waals surface area contributed by atoms with Gasteiger partial charge in [0.15, 0.2) is 0 Å². The Labute approximate surface area is 272 Å². The Morgan fingerprint density at radius 1 is 1.00 bits per heavy atom. The van der Waals surface area contributed by atoms with E-state index in [1.54, 1.807) is 5.57 Å². The standard InChI is InChI=1S/C39H71N3O2/c1-10-28(27(2)3)12-11-13-29-15-17-33-32-16-14-30-26-31(18-20-39(30,9)34(32)19-21-38(29,33)8)44-35(43)42(24-22-36(4,5)40)25-23-37(6,7)41/h14,27-29,31-34H,10-13,15-26,40-41H2,1-9H3. The number of carbonyl (C=O) groups excluding carboxylic acids is 1. The summed E-state index contributed by atoms with van der Waals surface area (Å²) in [5.74, 6) is 5.14. The number of amides is 1. The first kappa shape index (κ1) is 35.8. The highest BCUT2D eigenvalue weighted by atomic mass is 16.6. The minimum atomic E-state index is -0.325. The lowest BCUT2D eigenvalue weighted by Crippen LogP contribution is -2.51. The molecule has 8 atom stereocenters. The van der Waals surface area contributed by atoms with Crippen molar-refractivity contribution in [2.45, 2.75) is 169 Å². The first-order chi connectivity index (χ1) is 20.5. The second-order valence-corrected chi connectivity index (χ2v) is 18.1. The number of allylic oxidation sites excluding steroid dienone is 1. The van der Waals surface area contributed by atoms with Crippen LogP contribution in [-0.4, -0.2) is 41.3 Å². The molecule has 5 nitrogen and oxygen atoms in total. The molecule has 0 bridgehead atoms. The molecule has 0 heterocycles. The van der Waals surface area contributed by atoms with Gasteiger partial charge in [0.05, 0.1) is 0 Å². The third-order valence-electron chi connectivity index (χ3n) is 13.4. The summed E-state index contributed by atoms with van der Waals surface area (Å²) in [7, 11) is 0. The molecule has 0 spiro atoms. The number of fused-ring (bicyclic) bond motifs is 5. The minimum absolute atomic E-state index is 0.0276. The van der Waals surface area contributed by atoms with Gasteiger partial charge < -0.3 is 21.1 Å². The second-order valence-electron chi connectivity index (χ2n) is 18.1. The SMILES string of the molecule is CCC(CCCC1CCC2C3CC=C4CC(OC(=O)N(CCC(C)(C)N)CCC(C)(C)N)CCC4(C)C3CCC12C)C(C)C. The molecular formula is C39H71N3O2. The van der Waals surface area contributed by atoms with E-state index in [4.69, 9.17) is 16.2 Å². The Kier molecular flexibility index (Phi) is 11.4. The zero-order valence-corrected chi connectivity index (χ0v) is 30.4. The number of nitrogens with zero attached hydrogens (tertiary/aromatic N) is 1. The topological polar surface area (TPSA) is 81.6 Å². The van der Waals surface area contributed by atoms with Crippen LogP contribution in [0.15, 0.2) is 11.6 Å². The lowest BCUT2D eigenvalue weighted by atomic mass is 9.47. The lowest BCUT2D eigenvalue weighted by molar-refractivity contribution is -0.0536. The molecule has 0 aromatic carbocycles. The van der Waals surface area contributed by atoms with Crippen molar-refractivity contribution in [3.63, 3.8) is 0 Å². The summed E-state index contributed by atoms with van der Waals surface area (Å²) in [6.45, 7) is 21.7. The van der Waals surface area contributed by atoms with Gasteiger partial charge in [-0.2, -0.15) is 0 Å². The number of hydrogen-bond donors (Lipinski definition) is 2. The fourth-order valence-electron chi connectivity index (χ4n) is 10.3. The van der Waals surface area contributed by atoms with E-state index in [9.17, 15) is 4.79 Å². The zero-order valence-electron chi connectivity index (χ0n) is 30.4. The molecule has 3 fully saturated rings. The average molecular weight is 614 g/mol. The fraction of sp³-hybridized carbons (Fsp3) is 0.923. The van der Waals surface area contributed by atoms with Crippen LogP contribution in [0.3, 0.4) is 0 Å². The smallest absolute Gasteiger partial charge is 0.410 e. The third kappa shape index (κ3) is 8.25. The fourth-order valence-corrected chi connectivity index (χ4v) is 10.3. The molecule has 4 N–H and O–H groups in total. The average Bonchev–Trinajstić information content (AvgIpc) is 3.26. The minimum Gasteiger partial charge on any atom is -0.446 e. The highest BCUT2D eigenvalue weighted by molar-refractivity contribution is 5.68. The summed E-state index contributed by atoms with van der Waals surface area (Å²) < 4.78 is 6.25.